The topological polar surface area (TPSA) is 93.2 Å². The Balaban J connectivity index is 2.00. The number of nitrogens with zero attached hydrogens (tertiary/aromatic N) is 2. The number of hydrogen-bond acceptors (Lipinski definition) is 7. The number of rotatable bonds is 6. The first-order valence-electron chi connectivity index (χ1n) is 13.7. The van der Waals surface area contributed by atoms with Crippen LogP contribution in [0.4, 0.5) is 11.4 Å². The van der Waals surface area contributed by atoms with Gasteiger partial charge < -0.3 is 19.3 Å². The molecule has 2 aliphatic heterocycles. The van der Waals surface area contributed by atoms with Crippen LogP contribution < -0.4 is 9.80 Å². The van der Waals surface area contributed by atoms with E-state index in [0.29, 0.717) is 42.0 Å². The minimum absolute atomic E-state index is 0.124. The van der Waals surface area contributed by atoms with Crippen molar-refractivity contribution in [2.75, 3.05) is 30.6 Å². The maximum Gasteiger partial charge on any atom is 0.339 e. The summed E-state index contributed by atoms with van der Waals surface area (Å²) in [7, 11) is 2.42. The molecule has 3 aliphatic rings. The van der Waals surface area contributed by atoms with E-state index in [9.17, 15) is 14.4 Å². The summed E-state index contributed by atoms with van der Waals surface area (Å²) in [5.74, 6) is -2.35. The molecule has 0 radical (unpaired) electrons. The zero-order valence-corrected chi connectivity index (χ0v) is 23.6. The summed E-state index contributed by atoms with van der Waals surface area (Å²) >= 11 is 0. The molecule has 2 aromatic rings. The van der Waals surface area contributed by atoms with Gasteiger partial charge in [0, 0.05) is 29.9 Å². The summed E-state index contributed by atoms with van der Waals surface area (Å²) in [5.41, 5.74) is 2.27. The van der Waals surface area contributed by atoms with Gasteiger partial charge in [-0.1, -0.05) is 48.7 Å². The van der Waals surface area contributed by atoms with Crippen molar-refractivity contribution in [1.29, 1.82) is 0 Å². The molecule has 0 N–H and O–H groups in total. The van der Waals surface area contributed by atoms with Crippen LogP contribution in [-0.2, 0) is 34.2 Å². The summed E-state index contributed by atoms with van der Waals surface area (Å²) in [5, 5.41) is 0. The molecule has 1 amide bonds. The van der Waals surface area contributed by atoms with Crippen LogP contribution in [0.3, 0.4) is 0 Å². The fraction of sp³-hybridized carbons (Fsp3) is 0.375. The Morgan fingerprint density at radius 1 is 0.925 bits per heavy atom. The zero-order valence-electron chi connectivity index (χ0n) is 23.6. The Morgan fingerprint density at radius 2 is 1.60 bits per heavy atom. The lowest BCUT2D eigenvalue weighted by molar-refractivity contribution is -0.141. The number of unbranched alkanes of at least 4 members (excludes halogenated alkanes) is 1. The fourth-order valence-electron chi connectivity index (χ4n) is 6.25. The summed E-state index contributed by atoms with van der Waals surface area (Å²) in [4.78, 5) is 59.6. The molecule has 8 nitrogen and oxygen atoms in total. The van der Waals surface area contributed by atoms with Crippen LogP contribution in [0, 0.1) is 13.8 Å². The molecule has 0 aromatic heterocycles. The smallest absolute Gasteiger partial charge is 0.339 e. The lowest BCUT2D eigenvalue weighted by atomic mass is 9.71. The summed E-state index contributed by atoms with van der Waals surface area (Å²) in [6.45, 7) is 6.36. The van der Waals surface area contributed by atoms with E-state index in [-0.39, 0.29) is 34.8 Å². The minimum atomic E-state index is -1.78. The molecule has 208 valence electrons. The van der Waals surface area contributed by atoms with Crippen molar-refractivity contribution in [1.82, 2.24) is 0 Å². The highest BCUT2D eigenvalue weighted by molar-refractivity contribution is 6.24. The van der Waals surface area contributed by atoms with E-state index in [1.165, 1.54) is 14.2 Å². The second-order valence-corrected chi connectivity index (χ2v) is 10.5. The average Bonchev–Trinajstić information content (AvgIpc) is 3.18. The molecule has 2 aromatic carbocycles. The van der Waals surface area contributed by atoms with Crippen molar-refractivity contribution in [2.24, 2.45) is 0 Å². The molecule has 0 saturated heterocycles. The number of Topliss-reactive ketones (excluding diaryl/α,β-unsaturated/α-hetero) is 1. The van der Waals surface area contributed by atoms with Gasteiger partial charge in [-0.2, -0.15) is 0 Å². The normalized spacial score (nSPS) is 20.2. The average molecular weight is 543 g/mol. The number of carbonyl (C=O) groups is 4. The first-order chi connectivity index (χ1) is 19.2. The van der Waals surface area contributed by atoms with Gasteiger partial charge in [-0.3, -0.25) is 9.59 Å². The number of amides is 1. The molecule has 0 saturated carbocycles. The molecule has 5 rings (SSSR count). The van der Waals surface area contributed by atoms with E-state index >= 15 is 4.79 Å². The highest BCUT2D eigenvalue weighted by atomic mass is 16.5. The Kier molecular flexibility index (Phi) is 7.12. The standard InChI is InChI=1S/C32H34N2O6/c1-6-7-17-33-23-16-13-20(3)18-22(23)32(31(33)38)28(30(37)40-5)27(29(36)39-4)26-24(9-8-10-25(26)35)34(32)21-14-11-19(2)12-15-21/h11-16,18H,6-10,17H2,1-5H3. The molecular formula is C32H34N2O6. The Morgan fingerprint density at radius 3 is 2.25 bits per heavy atom. The number of allylic oxidation sites excluding steroid dienone is 1. The van der Waals surface area contributed by atoms with Crippen LogP contribution in [0.2, 0.25) is 0 Å². The quantitative estimate of drug-likeness (QED) is 0.484. The van der Waals surface area contributed by atoms with Gasteiger partial charge in [-0.15, -0.1) is 0 Å². The van der Waals surface area contributed by atoms with Gasteiger partial charge in [0.05, 0.1) is 36.6 Å². The van der Waals surface area contributed by atoms with Gasteiger partial charge in [-0.05, 0) is 51.3 Å². The van der Waals surface area contributed by atoms with Crippen molar-refractivity contribution in [3.05, 3.63) is 81.6 Å². The number of ether oxygens (including phenoxy) is 2. The predicted octanol–water partition coefficient (Wildman–Crippen LogP) is 4.82. The van der Waals surface area contributed by atoms with Gasteiger partial charge in [-0.25, -0.2) is 9.59 Å². The van der Waals surface area contributed by atoms with Crippen LogP contribution in [0.25, 0.3) is 0 Å². The third kappa shape index (κ3) is 3.88. The highest BCUT2D eigenvalue weighted by Gasteiger charge is 2.64. The molecule has 0 fully saturated rings. The lowest BCUT2D eigenvalue weighted by Crippen LogP contribution is -2.59. The highest BCUT2D eigenvalue weighted by Crippen LogP contribution is 2.57. The molecule has 8 heteroatoms. The number of methoxy groups -OCH3 is 2. The van der Waals surface area contributed by atoms with Gasteiger partial charge in [0.1, 0.15) is 0 Å². The van der Waals surface area contributed by atoms with E-state index in [1.807, 2.05) is 68.1 Å². The molecule has 0 bridgehead atoms. The summed E-state index contributed by atoms with van der Waals surface area (Å²) in [6, 6.07) is 13.3. The van der Waals surface area contributed by atoms with Crippen molar-refractivity contribution >= 4 is 35.0 Å². The van der Waals surface area contributed by atoms with E-state index in [0.717, 1.165) is 24.0 Å². The third-order valence-corrected chi connectivity index (χ3v) is 8.05. The van der Waals surface area contributed by atoms with E-state index in [2.05, 4.69) is 0 Å². The van der Waals surface area contributed by atoms with Crippen LogP contribution in [0.5, 0.6) is 0 Å². The first kappa shape index (κ1) is 27.4. The van der Waals surface area contributed by atoms with E-state index < -0.39 is 17.5 Å². The van der Waals surface area contributed by atoms with Crippen molar-refractivity contribution in [3.63, 3.8) is 0 Å². The molecule has 1 spiro atoms. The Hall–Kier alpha value is -4.20. The molecule has 1 unspecified atom stereocenters. The number of anilines is 2. The largest absolute Gasteiger partial charge is 0.466 e. The first-order valence-corrected chi connectivity index (χ1v) is 13.7. The molecule has 2 heterocycles. The third-order valence-electron chi connectivity index (χ3n) is 8.05. The number of carbonyl (C=O) groups excluding carboxylic acids is 4. The second-order valence-electron chi connectivity index (χ2n) is 10.5. The monoisotopic (exact) mass is 542 g/mol. The fourth-order valence-corrected chi connectivity index (χ4v) is 6.25. The Bertz CT molecular complexity index is 1490. The SMILES string of the molecule is CCCCN1C(=O)C2(C(C(=O)OC)=C(C(=O)OC)C3=C(CCCC3=O)N2c2ccc(C)cc2)c2cc(C)ccc21. The number of fused-ring (bicyclic) bond motifs is 2. The van der Waals surface area contributed by atoms with Gasteiger partial charge in [0.15, 0.2) is 11.3 Å². The predicted molar refractivity (Wildman–Crippen MR) is 151 cm³/mol. The zero-order chi connectivity index (χ0) is 28.8. The number of esters is 2. The number of aryl methyl sites for hydroxylation is 2. The number of hydrogen-bond donors (Lipinski definition) is 0. The van der Waals surface area contributed by atoms with Crippen LogP contribution in [0.15, 0.2) is 64.9 Å². The maximum atomic E-state index is 15.0. The molecular weight excluding hydrogens is 508 g/mol. The van der Waals surface area contributed by atoms with Crippen LogP contribution >= 0.6 is 0 Å². The van der Waals surface area contributed by atoms with Crippen molar-refractivity contribution < 1.29 is 28.7 Å². The van der Waals surface area contributed by atoms with Crippen LogP contribution in [-0.4, -0.2) is 44.4 Å². The van der Waals surface area contributed by atoms with Gasteiger partial charge >= 0.3 is 11.9 Å². The van der Waals surface area contributed by atoms with E-state index in [4.69, 9.17) is 9.47 Å². The van der Waals surface area contributed by atoms with Crippen LogP contribution in [0.1, 0.15) is 55.7 Å². The number of benzene rings is 2. The number of ketones is 1. The van der Waals surface area contributed by atoms with Gasteiger partial charge in [0.25, 0.3) is 5.91 Å². The Labute approximate surface area is 234 Å². The minimum Gasteiger partial charge on any atom is -0.466 e. The second kappa shape index (κ2) is 10.4. The molecule has 40 heavy (non-hydrogen) atoms. The molecule has 1 aliphatic carbocycles. The van der Waals surface area contributed by atoms with Gasteiger partial charge in [0.2, 0.25) is 0 Å². The van der Waals surface area contributed by atoms with Crippen molar-refractivity contribution in [2.45, 2.75) is 58.4 Å². The van der Waals surface area contributed by atoms with Crippen molar-refractivity contribution in [3.8, 4) is 0 Å². The van der Waals surface area contributed by atoms with E-state index in [1.54, 1.807) is 4.90 Å². The summed E-state index contributed by atoms with van der Waals surface area (Å²) < 4.78 is 10.5. The lowest BCUT2D eigenvalue weighted by Gasteiger charge is -2.48. The maximum absolute atomic E-state index is 15.0. The summed E-state index contributed by atoms with van der Waals surface area (Å²) in [6.07, 6.45) is 2.81. The molecule has 1 atom stereocenters.